The maximum Gasteiger partial charge on any atom is 0.311 e. The molecule has 1 fully saturated rings. The van der Waals surface area contributed by atoms with Gasteiger partial charge < -0.3 is 20.5 Å². The average Bonchev–Trinajstić information content (AvgIpc) is 2.86. The van der Waals surface area contributed by atoms with Gasteiger partial charge in [-0.05, 0) is 18.2 Å². The fourth-order valence-electron chi connectivity index (χ4n) is 2.23. The molecule has 20 heavy (non-hydrogen) atoms. The number of nitrogens with two attached hydrogens (primary N) is 1. The van der Waals surface area contributed by atoms with Gasteiger partial charge in [-0.2, -0.15) is 0 Å². The second-order valence-electron chi connectivity index (χ2n) is 4.70. The fraction of sp³-hybridized carbons (Fsp3) is 0.385. The minimum absolute atomic E-state index is 0.118. The third-order valence-electron chi connectivity index (χ3n) is 3.43. The molecule has 2 rings (SSSR count). The standard InChI is InChI=1S/C13H15BrN2O4/c1-16(11-6-20-5-9(11)13(18)19)12(17)8-3-2-7(14)4-10(8)15/h2-4,9,11H,5-6,15H2,1H3,(H,18,19). The van der Waals surface area contributed by atoms with Gasteiger partial charge in [0.2, 0.25) is 0 Å². The number of hydrogen-bond acceptors (Lipinski definition) is 4. The van der Waals surface area contributed by atoms with Gasteiger partial charge in [-0.3, -0.25) is 9.59 Å². The Morgan fingerprint density at radius 3 is 2.75 bits per heavy atom. The molecule has 1 aromatic rings. The van der Waals surface area contributed by atoms with E-state index in [0.717, 1.165) is 4.47 Å². The third-order valence-corrected chi connectivity index (χ3v) is 3.92. The highest BCUT2D eigenvalue weighted by Crippen LogP contribution is 2.24. The van der Waals surface area contributed by atoms with Crippen molar-refractivity contribution in [3.8, 4) is 0 Å². The van der Waals surface area contributed by atoms with Crippen LogP contribution in [0.2, 0.25) is 0 Å². The van der Waals surface area contributed by atoms with Gasteiger partial charge in [0.05, 0.1) is 24.8 Å². The van der Waals surface area contributed by atoms with Gasteiger partial charge >= 0.3 is 5.97 Å². The highest BCUT2D eigenvalue weighted by atomic mass is 79.9. The number of carbonyl (C=O) groups excluding carboxylic acids is 1. The Hall–Kier alpha value is -1.60. The van der Waals surface area contributed by atoms with Gasteiger partial charge in [0.1, 0.15) is 5.92 Å². The van der Waals surface area contributed by atoms with Crippen molar-refractivity contribution < 1.29 is 19.4 Å². The molecule has 0 spiro atoms. The van der Waals surface area contributed by atoms with E-state index in [1.165, 1.54) is 4.90 Å². The summed E-state index contributed by atoms with van der Waals surface area (Å²) >= 11 is 3.27. The summed E-state index contributed by atoms with van der Waals surface area (Å²) in [5.41, 5.74) is 6.53. The number of ether oxygens (including phenoxy) is 1. The molecule has 1 aliphatic heterocycles. The summed E-state index contributed by atoms with van der Waals surface area (Å²) < 4.78 is 5.95. The minimum Gasteiger partial charge on any atom is -0.481 e. The molecule has 3 N–H and O–H groups in total. The van der Waals surface area contributed by atoms with Crippen LogP contribution in [-0.4, -0.2) is 48.2 Å². The first kappa shape index (κ1) is 14.8. The van der Waals surface area contributed by atoms with Gasteiger partial charge in [-0.15, -0.1) is 0 Å². The monoisotopic (exact) mass is 342 g/mol. The zero-order valence-electron chi connectivity index (χ0n) is 10.9. The summed E-state index contributed by atoms with van der Waals surface area (Å²) in [4.78, 5) is 24.9. The number of amides is 1. The normalized spacial score (nSPS) is 21.7. The molecule has 0 aromatic heterocycles. The van der Waals surface area contributed by atoms with Crippen LogP contribution in [0.3, 0.4) is 0 Å². The van der Waals surface area contributed by atoms with Crippen molar-refractivity contribution in [1.82, 2.24) is 4.90 Å². The Bertz CT molecular complexity index is 549. The molecular formula is C13H15BrN2O4. The van der Waals surface area contributed by atoms with Crippen molar-refractivity contribution >= 4 is 33.5 Å². The smallest absolute Gasteiger partial charge is 0.311 e. The number of likely N-dealkylation sites (N-methyl/N-ethyl adjacent to an activating group) is 1. The van der Waals surface area contributed by atoms with Crippen molar-refractivity contribution in [2.75, 3.05) is 26.0 Å². The number of hydrogen-bond donors (Lipinski definition) is 2. The molecule has 7 heteroatoms. The zero-order valence-corrected chi connectivity index (χ0v) is 12.5. The Labute approximate surface area is 124 Å². The van der Waals surface area contributed by atoms with E-state index < -0.39 is 17.9 Å². The Balaban J connectivity index is 2.22. The lowest BCUT2D eigenvalue weighted by molar-refractivity contribution is -0.142. The quantitative estimate of drug-likeness (QED) is 0.805. The van der Waals surface area contributed by atoms with Gasteiger partial charge in [-0.1, -0.05) is 15.9 Å². The maximum atomic E-state index is 12.4. The average molecular weight is 343 g/mol. The summed E-state index contributed by atoms with van der Waals surface area (Å²) in [5.74, 6) is -1.98. The number of anilines is 1. The van der Waals surface area contributed by atoms with E-state index in [1.807, 2.05) is 0 Å². The first-order valence-corrected chi connectivity index (χ1v) is 6.84. The summed E-state index contributed by atoms with van der Waals surface area (Å²) in [5, 5.41) is 9.13. The lowest BCUT2D eigenvalue weighted by Crippen LogP contribution is -2.44. The third kappa shape index (κ3) is 2.78. The van der Waals surface area contributed by atoms with Crippen LogP contribution >= 0.6 is 15.9 Å². The first-order valence-electron chi connectivity index (χ1n) is 6.04. The first-order chi connectivity index (χ1) is 9.41. The van der Waals surface area contributed by atoms with Crippen LogP contribution in [0.15, 0.2) is 22.7 Å². The molecule has 0 bridgehead atoms. The van der Waals surface area contributed by atoms with E-state index in [2.05, 4.69) is 15.9 Å². The van der Waals surface area contributed by atoms with Crippen molar-refractivity contribution in [2.45, 2.75) is 6.04 Å². The fourth-order valence-corrected chi connectivity index (χ4v) is 2.61. The van der Waals surface area contributed by atoms with Gasteiger partial charge in [-0.25, -0.2) is 0 Å². The summed E-state index contributed by atoms with van der Waals surface area (Å²) in [6.07, 6.45) is 0. The summed E-state index contributed by atoms with van der Waals surface area (Å²) in [6.45, 7) is 0.336. The Kier molecular flexibility index (Phi) is 4.29. The molecular weight excluding hydrogens is 328 g/mol. The highest BCUT2D eigenvalue weighted by Gasteiger charge is 2.38. The van der Waals surface area contributed by atoms with Crippen LogP contribution in [0, 0.1) is 5.92 Å². The van der Waals surface area contributed by atoms with Crippen LogP contribution in [0.1, 0.15) is 10.4 Å². The van der Waals surface area contributed by atoms with Crippen LogP contribution in [-0.2, 0) is 9.53 Å². The molecule has 1 aliphatic rings. The Morgan fingerprint density at radius 1 is 1.45 bits per heavy atom. The van der Waals surface area contributed by atoms with Crippen LogP contribution < -0.4 is 5.73 Å². The number of nitrogen functional groups attached to an aromatic ring is 1. The van der Waals surface area contributed by atoms with Crippen molar-refractivity contribution in [2.24, 2.45) is 5.92 Å². The van der Waals surface area contributed by atoms with E-state index in [-0.39, 0.29) is 19.1 Å². The number of nitrogens with zero attached hydrogens (tertiary/aromatic N) is 1. The number of benzene rings is 1. The van der Waals surface area contributed by atoms with E-state index in [0.29, 0.717) is 11.3 Å². The molecule has 2 atom stereocenters. The molecule has 6 nitrogen and oxygen atoms in total. The van der Waals surface area contributed by atoms with Crippen molar-refractivity contribution in [3.05, 3.63) is 28.2 Å². The number of halogens is 1. The number of carbonyl (C=O) groups is 2. The largest absolute Gasteiger partial charge is 0.481 e. The summed E-state index contributed by atoms with van der Waals surface area (Å²) in [7, 11) is 1.57. The number of aliphatic carboxylic acids is 1. The minimum atomic E-state index is -0.962. The molecule has 0 aliphatic carbocycles. The lowest BCUT2D eigenvalue weighted by atomic mass is 10.0. The molecule has 1 saturated heterocycles. The number of rotatable bonds is 3. The predicted molar refractivity (Wildman–Crippen MR) is 76.4 cm³/mol. The number of carboxylic acids is 1. The van der Waals surface area contributed by atoms with E-state index >= 15 is 0 Å². The molecule has 1 heterocycles. The molecule has 108 valence electrons. The topological polar surface area (TPSA) is 92.9 Å². The zero-order chi connectivity index (χ0) is 14.9. The number of carboxylic acid groups (broad SMARTS) is 1. The van der Waals surface area contributed by atoms with E-state index in [1.54, 1.807) is 25.2 Å². The highest BCUT2D eigenvalue weighted by molar-refractivity contribution is 9.10. The molecule has 0 saturated carbocycles. The van der Waals surface area contributed by atoms with Crippen molar-refractivity contribution in [3.63, 3.8) is 0 Å². The molecule has 2 unspecified atom stereocenters. The van der Waals surface area contributed by atoms with Crippen LogP contribution in [0.4, 0.5) is 5.69 Å². The van der Waals surface area contributed by atoms with E-state index in [9.17, 15) is 9.59 Å². The van der Waals surface area contributed by atoms with Gasteiger partial charge in [0, 0.05) is 17.2 Å². The SMILES string of the molecule is CN(C(=O)c1ccc(Br)cc1N)C1COCC1C(=O)O. The Morgan fingerprint density at radius 2 is 2.15 bits per heavy atom. The van der Waals surface area contributed by atoms with Crippen LogP contribution in [0.5, 0.6) is 0 Å². The van der Waals surface area contributed by atoms with Crippen LogP contribution in [0.25, 0.3) is 0 Å². The molecule has 0 radical (unpaired) electrons. The predicted octanol–water partition coefficient (Wildman–Crippen LogP) is 1.20. The van der Waals surface area contributed by atoms with Gasteiger partial charge in [0.25, 0.3) is 5.91 Å². The second kappa shape index (κ2) is 5.80. The summed E-state index contributed by atoms with van der Waals surface area (Å²) in [6, 6.07) is 4.49. The van der Waals surface area contributed by atoms with Gasteiger partial charge in [0.15, 0.2) is 0 Å². The van der Waals surface area contributed by atoms with E-state index in [4.69, 9.17) is 15.6 Å². The maximum absolute atomic E-state index is 12.4. The molecule has 1 aromatic carbocycles. The van der Waals surface area contributed by atoms with Crippen molar-refractivity contribution in [1.29, 1.82) is 0 Å². The molecule has 1 amide bonds. The lowest BCUT2D eigenvalue weighted by Gasteiger charge is -2.26. The second-order valence-corrected chi connectivity index (χ2v) is 5.61.